The van der Waals surface area contributed by atoms with E-state index in [2.05, 4.69) is 35.1 Å². The Labute approximate surface area is 270 Å². The molecule has 0 bridgehead atoms. The summed E-state index contributed by atoms with van der Waals surface area (Å²) in [7, 11) is -2.10. The average Bonchev–Trinajstić information content (AvgIpc) is 3.80. The molecule has 1 aliphatic carbocycles. The largest absolute Gasteiger partial charge is 0.524 e. The van der Waals surface area contributed by atoms with Gasteiger partial charge < -0.3 is 24.6 Å². The van der Waals surface area contributed by atoms with Gasteiger partial charge in [0.1, 0.15) is 16.9 Å². The second-order valence-corrected chi connectivity index (χ2v) is 11.3. The van der Waals surface area contributed by atoms with E-state index in [4.69, 9.17) is 23.4 Å². The van der Waals surface area contributed by atoms with Crippen molar-refractivity contribution in [2.24, 2.45) is 18.0 Å². The van der Waals surface area contributed by atoms with Crippen molar-refractivity contribution in [1.82, 2.24) is 35.1 Å². The van der Waals surface area contributed by atoms with Crippen molar-refractivity contribution in [3.8, 4) is 22.8 Å². The third-order valence-corrected chi connectivity index (χ3v) is 7.19. The lowest BCUT2D eigenvalue weighted by Gasteiger charge is -2.16. The summed E-state index contributed by atoms with van der Waals surface area (Å²) in [5.41, 5.74) is 1.06. The number of aryl methyl sites for hydroxylation is 1. The standard InChI is InChI=1S/C28H30N9O9P/c1-15-18(20-13-31-36(3)34-20)9-10-30-25(15)32-19-12-23(33-26(38)16-5-6-16)37(35-24(19)27(39)29-2)14-45-28(40)17-7-8-21(22(11-17)44-4)46-47(41,42)43/h7-13,16H,5-6,14H2,1-4H3,(H,29,39)(H,33,38)(H2,41,42,43)/i2D3. The highest BCUT2D eigenvalue weighted by Crippen LogP contribution is 2.42. The predicted molar refractivity (Wildman–Crippen MR) is 162 cm³/mol. The number of hydrogen-bond donors (Lipinski definition) is 4. The van der Waals surface area contributed by atoms with Gasteiger partial charge >= 0.3 is 13.8 Å². The van der Waals surface area contributed by atoms with Crippen LogP contribution in [0, 0.1) is 12.8 Å². The van der Waals surface area contributed by atoms with E-state index in [1.165, 1.54) is 24.2 Å². The average molecular weight is 671 g/mol. The first-order valence-corrected chi connectivity index (χ1v) is 15.3. The molecule has 1 aliphatic rings. The summed E-state index contributed by atoms with van der Waals surface area (Å²) in [5, 5.41) is 17.0. The molecule has 0 spiro atoms. The number of anilines is 1. The van der Waals surface area contributed by atoms with Crippen LogP contribution in [-0.2, 0) is 27.9 Å². The van der Waals surface area contributed by atoms with Gasteiger partial charge in [-0.1, -0.05) is 0 Å². The van der Waals surface area contributed by atoms with Crippen LogP contribution in [0.3, 0.4) is 0 Å². The summed E-state index contributed by atoms with van der Waals surface area (Å²) >= 11 is 0. The van der Waals surface area contributed by atoms with Crippen molar-refractivity contribution in [2.75, 3.05) is 19.4 Å². The summed E-state index contributed by atoms with van der Waals surface area (Å²) in [6, 6.07) is 6.32. The molecule has 0 saturated heterocycles. The van der Waals surface area contributed by atoms with Gasteiger partial charge in [0.15, 0.2) is 29.7 Å². The molecule has 0 aliphatic heterocycles. The van der Waals surface area contributed by atoms with Crippen molar-refractivity contribution in [2.45, 2.75) is 26.5 Å². The number of aromatic nitrogens is 6. The van der Waals surface area contributed by atoms with Gasteiger partial charge in [0.2, 0.25) is 5.91 Å². The zero-order valence-electron chi connectivity index (χ0n) is 28.1. The first-order chi connectivity index (χ1) is 23.5. The number of methoxy groups -OCH3 is 1. The molecular formula is C28H30N9O9P. The van der Waals surface area contributed by atoms with Crippen molar-refractivity contribution < 1.29 is 46.8 Å². The fraction of sp³-hybridized carbons (Fsp3) is 0.286. The van der Waals surface area contributed by atoms with Crippen LogP contribution in [0.1, 0.15) is 43.4 Å². The Hall–Kier alpha value is -5.45. The predicted octanol–water partition coefficient (Wildman–Crippen LogP) is 1.62. The lowest BCUT2D eigenvalue weighted by atomic mass is 10.1. The molecule has 4 N–H and O–H groups in total. The summed E-state index contributed by atoms with van der Waals surface area (Å²) in [6.07, 6.45) is 4.30. The Kier molecular flexibility index (Phi) is 8.32. The molecule has 0 unspecified atom stereocenters. The second-order valence-electron chi connectivity index (χ2n) is 10.1. The summed E-state index contributed by atoms with van der Waals surface area (Å²) in [6.45, 7) is -1.90. The monoisotopic (exact) mass is 670 g/mol. The number of hydrogen-bond acceptors (Lipinski definition) is 12. The normalized spacial score (nSPS) is 14.4. The third-order valence-electron chi connectivity index (χ3n) is 6.76. The molecule has 18 nitrogen and oxygen atoms in total. The summed E-state index contributed by atoms with van der Waals surface area (Å²) < 4.78 is 49.9. The highest BCUT2D eigenvalue weighted by atomic mass is 31.2. The van der Waals surface area contributed by atoms with Crippen molar-refractivity contribution in [1.29, 1.82) is 0 Å². The maximum Gasteiger partial charge on any atom is 0.524 e. The van der Waals surface area contributed by atoms with Gasteiger partial charge in [-0.3, -0.25) is 19.4 Å². The number of phosphoric acid groups is 1. The molecule has 19 heteroatoms. The summed E-state index contributed by atoms with van der Waals surface area (Å²) in [4.78, 5) is 67.7. The fourth-order valence-corrected chi connectivity index (χ4v) is 4.68. The Morgan fingerprint density at radius 1 is 1.17 bits per heavy atom. The molecule has 4 aromatic rings. The highest BCUT2D eigenvalue weighted by Gasteiger charge is 2.30. The number of esters is 1. The number of phosphoric ester groups is 1. The molecule has 3 aromatic heterocycles. The molecule has 0 radical (unpaired) electrons. The van der Waals surface area contributed by atoms with E-state index in [0.717, 1.165) is 22.9 Å². The van der Waals surface area contributed by atoms with Crippen molar-refractivity contribution >= 4 is 37.2 Å². The first-order valence-electron chi connectivity index (χ1n) is 15.2. The zero-order chi connectivity index (χ0) is 36.4. The van der Waals surface area contributed by atoms with Gasteiger partial charge in [-0.25, -0.2) is 24.0 Å². The van der Waals surface area contributed by atoms with Crippen LogP contribution < -0.4 is 25.3 Å². The molecule has 1 saturated carbocycles. The van der Waals surface area contributed by atoms with Crippen LogP contribution in [0.5, 0.6) is 11.5 Å². The van der Waals surface area contributed by atoms with Gasteiger partial charge in [-0.15, -0.1) is 0 Å². The highest BCUT2D eigenvalue weighted by molar-refractivity contribution is 7.46. The molecule has 0 atom stereocenters. The molecule has 1 fully saturated rings. The lowest BCUT2D eigenvalue weighted by molar-refractivity contribution is -0.117. The van der Waals surface area contributed by atoms with E-state index in [-0.39, 0.29) is 45.9 Å². The molecule has 1 aromatic carbocycles. The van der Waals surface area contributed by atoms with Gasteiger partial charge in [0.05, 0.1) is 18.9 Å². The van der Waals surface area contributed by atoms with Crippen LogP contribution in [-0.4, -0.2) is 71.4 Å². The van der Waals surface area contributed by atoms with E-state index in [1.807, 2.05) is 5.32 Å². The van der Waals surface area contributed by atoms with E-state index in [0.29, 0.717) is 29.7 Å². The lowest BCUT2D eigenvalue weighted by Crippen LogP contribution is -2.32. The minimum absolute atomic E-state index is 0.0513. The van der Waals surface area contributed by atoms with Crippen molar-refractivity contribution in [3.05, 3.63) is 64.9 Å². The van der Waals surface area contributed by atoms with Gasteiger partial charge in [0.25, 0.3) is 5.91 Å². The van der Waals surface area contributed by atoms with Crippen LogP contribution >= 0.6 is 7.82 Å². The molecule has 246 valence electrons. The third kappa shape index (κ3) is 7.86. The quantitative estimate of drug-likeness (QED) is 0.131. The van der Waals surface area contributed by atoms with Crippen molar-refractivity contribution in [3.63, 3.8) is 0 Å². The number of carbonyl (C=O) groups excluding carboxylic acids is 3. The SMILES string of the molecule is [2H]C([2H])([2H])NC(=O)c1nn(COC(=O)c2ccc(OP(=O)(O)O)c(OC)c2)c(NC(=O)C2CC2)cc1=Nc1nccc(-c2cnn(C)n2)c1C. The molecule has 3 heterocycles. The molecule has 2 amide bonds. The van der Waals surface area contributed by atoms with Gasteiger partial charge in [-0.05, 0) is 44.0 Å². The Bertz CT molecular complexity index is 2090. The number of ether oxygens (including phenoxy) is 2. The maximum atomic E-state index is 13.3. The number of amides is 2. The Balaban J connectivity index is 1.56. The van der Waals surface area contributed by atoms with E-state index in [1.54, 1.807) is 26.2 Å². The minimum atomic E-state index is -4.94. The smallest absolute Gasteiger partial charge is 0.493 e. The summed E-state index contributed by atoms with van der Waals surface area (Å²) in [5.74, 6) is -3.23. The second kappa shape index (κ2) is 13.5. The van der Waals surface area contributed by atoms with Crippen LogP contribution in [0.2, 0.25) is 0 Å². The fourth-order valence-electron chi connectivity index (χ4n) is 4.28. The number of nitrogens with one attached hydrogen (secondary N) is 2. The number of pyridine rings is 1. The van der Waals surface area contributed by atoms with E-state index >= 15 is 0 Å². The van der Waals surface area contributed by atoms with Gasteiger partial charge in [-0.2, -0.15) is 20.1 Å². The Morgan fingerprint density at radius 3 is 2.62 bits per heavy atom. The van der Waals surface area contributed by atoms with E-state index < -0.39 is 39.1 Å². The zero-order valence-corrected chi connectivity index (χ0v) is 26.0. The molecule has 47 heavy (non-hydrogen) atoms. The number of carbonyl (C=O) groups is 3. The number of rotatable bonds is 11. The van der Waals surface area contributed by atoms with Crippen LogP contribution in [0.4, 0.5) is 11.6 Å². The van der Waals surface area contributed by atoms with E-state index in [9.17, 15) is 18.9 Å². The van der Waals surface area contributed by atoms with Crippen LogP contribution in [0.15, 0.2) is 47.7 Å². The van der Waals surface area contributed by atoms with Gasteiger partial charge in [0, 0.05) is 47.4 Å². The number of benzene rings is 1. The first kappa shape index (κ1) is 29.0. The minimum Gasteiger partial charge on any atom is -0.493 e. The molecular weight excluding hydrogens is 637 g/mol. The van der Waals surface area contributed by atoms with Crippen LogP contribution in [0.25, 0.3) is 11.3 Å². The topological polar surface area (TPSA) is 234 Å². The molecule has 5 rings (SSSR count). The Morgan fingerprint density at radius 2 is 1.96 bits per heavy atom. The maximum absolute atomic E-state index is 13.3. The number of nitrogens with zero attached hydrogens (tertiary/aromatic N) is 7.